The summed E-state index contributed by atoms with van der Waals surface area (Å²) in [7, 11) is 1.86. The summed E-state index contributed by atoms with van der Waals surface area (Å²) in [6, 6.07) is 4.64. The first-order valence-corrected chi connectivity index (χ1v) is 9.09. The number of aromatic nitrogens is 2. The molecule has 3 rings (SSSR count). The van der Waals surface area contributed by atoms with Gasteiger partial charge in [-0.05, 0) is 17.7 Å². The second-order valence-corrected chi connectivity index (χ2v) is 7.92. The molecule has 2 heterocycles. The average Bonchev–Trinajstić information content (AvgIpc) is 3.21. The third kappa shape index (κ3) is 4.62. The van der Waals surface area contributed by atoms with Gasteiger partial charge in [0.05, 0.1) is 12.1 Å². The first-order valence-electron chi connectivity index (χ1n) is 8.71. The van der Waals surface area contributed by atoms with Crippen LogP contribution >= 0.6 is 24.0 Å². The summed E-state index contributed by atoms with van der Waals surface area (Å²) < 4.78 is 16.0. The van der Waals surface area contributed by atoms with E-state index in [2.05, 4.69) is 15.7 Å². The quantitative estimate of drug-likeness (QED) is 0.790. The van der Waals surface area contributed by atoms with Crippen molar-refractivity contribution in [3.63, 3.8) is 0 Å². The van der Waals surface area contributed by atoms with Gasteiger partial charge in [-0.3, -0.25) is 9.48 Å². The van der Waals surface area contributed by atoms with Gasteiger partial charge in [-0.15, -0.1) is 12.4 Å². The molecule has 2 N–H and O–H groups in total. The molecule has 0 bridgehead atoms. The average molecular weight is 415 g/mol. The van der Waals surface area contributed by atoms with Gasteiger partial charge >= 0.3 is 0 Å². The second kappa shape index (κ2) is 8.59. The molecule has 2 aromatic rings. The number of nitrogens with zero attached hydrogens (tertiary/aromatic N) is 2. The van der Waals surface area contributed by atoms with E-state index in [1.807, 2.05) is 27.1 Å². The van der Waals surface area contributed by atoms with E-state index in [1.165, 1.54) is 6.07 Å². The van der Waals surface area contributed by atoms with E-state index in [1.54, 1.807) is 23.0 Å². The number of hydrogen-bond donors (Lipinski definition) is 2. The molecule has 8 heteroatoms. The van der Waals surface area contributed by atoms with E-state index in [0.717, 1.165) is 12.1 Å². The zero-order valence-corrected chi connectivity index (χ0v) is 17.2. The molecule has 1 fully saturated rings. The minimum atomic E-state index is -0.617. The lowest BCUT2D eigenvalue weighted by Gasteiger charge is -2.28. The number of carbonyl (C=O) groups excluding carboxylic acids is 1. The number of amides is 1. The van der Waals surface area contributed by atoms with Crippen LogP contribution in [0.4, 0.5) is 4.39 Å². The maximum atomic E-state index is 14.2. The van der Waals surface area contributed by atoms with Crippen molar-refractivity contribution in [3.05, 3.63) is 52.6 Å². The van der Waals surface area contributed by atoms with Crippen LogP contribution in [0.15, 0.2) is 30.6 Å². The Morgan fingerprint density at radius 1 is 1.44 bits per heavy atom. The van der Waals surface area contributed by atoms with Gasteiger partial charge in [-0.1, -0.05) is 31.5 Å². The van der Waals surface area contributed by atoms with Gasteiger partial charge in [0.15, 0.2) is 0 Å². The summed E-state index contributed by atoms with van der Waals surface area (Å²) in [5.41, 5.74) is 0.859. The highest BCUT2D eigenvalue weighted by molar-refractivity contribution is 6.31. The predicted molar refractivity (Wildman–Crippen MR) is 107 cm³/mol. The lowest BCUT2D eigenvalue weighted by molar-refractivity contribution is -0.125. The summed E-state index contributed by atoms with van der Waals surface area (Å²) in [4.78, 5) is 12.8. The zero-order valence-electron chi connectivity index (χ0n) is 15.6. The van der Waals surface area contributed by atoms with Crippen molar-refractivity contribution in [1.82, 2.24) is 20.4 Å². The van der Waals surface area contributed by atoms with Crippen LogP contribution in [0.5, 0.6) is 0 Å². The molecule has 0 spiro atoms. The lowest BCUT2D eigenvalue weighted by atomic mass is 9.83. The Morgan fingerprint density at radius 2 is 2.19 bits per heavy atom. The van der Waals surface area contributed by atoms with Crippen molar-refractivity contribution < 1.29 is 9.18 Å². The zero-order chi connectivity index (χ0) is 18.9. The fraction of sp³-hybridized carbons (Fsp3) is 0.474. The topological polar surface area (TPSA) is 59.0 Å². The van der Waals surface area contributed by atoms with Crippen LogP contribution in [0.25, 0.3) is 0 Å². The molecule has 1 saturated heterocycles. The molecule has 1 aliphatic heterocycles. The summed E-state index contributed by atoms with van der Waals surface area (Å²) >= 11 is 6.19. The minimum absolute atomic E-state index is 0. The summed E-state index contributed by atoms with van der Waals surface area (Å²) in [5, 5.41) is 10.8. The van der Waals surface area contributed by atoms with Crippen LogP contribution in [-0.4, -0.2) is 35.3 Å². The molecule has 0 saturated carbocycles. The Morgan fingerprint density at radius 3 is 2.81 bits per heavy atom. The highest BCUT2D eigenvalue weighted by Gasteiger charge is 2.36. The lowest BCUT2D eigenvalue weighted by Crippen LogP contribution is -2.41. The molecule has 148 valence electrons. The number of hydrogen-bond acceptors (Lipinski definition) is 3. The van der Waals surface area contributed by atoms with E-state index in [4.69, 9.17) is 11.6 Å². The normalized spacial score (nSPS) is 19.6. The van der Waals surface area contributed by atoms with Crippen LogP contribution in [0.3, 0.4) is 0 Å². The van der Waals surface area contributed by atoms with Gasteiger partial charge in [0, 0.05) is 54.8 Å². The van der Waals surface area contributed by atoms with Gasteiger partial charge in [-0.25, -0.2) is 4.39 Å². The Hall–Kier alpha value is -1.63. The molecule has 5 nitrogen and oxygen atoms in total. The molecule has 0 radical (unpaired) electrons. The number of nitrogens with one attached hydrogen (secondary N) is 2. The van der Waals surface area contributed by atoms with Crippen LogP contribution in [0.2, 0.25) is 5.02 Å². The standard InChI is InChI=1S/C19H24ClFN4O.ClH/c1-19(2,17-15(20)5-4-6-16(17)21)11-23-18(26)14-9-22-8-13(14)12-7-24-25(3)10-12;/h4-7,10,13-14,22H,8-9,11H2,1-3H3,(H,23,26);1H/t13-,14+;/m1./s1. The SMILES string of the molecule is Cl.Cn1cc([C@H]2CNC[C@@H]2C(=O)NCC(C)(C)c2c(F)cccc2Cl)cn1. The largest absolute Gasteiger partial charge is 0.355 e. The monoisotopic (exact) mass is 414 g/mol. The first-order chi connectivity index (χ1) is 12.3. The van der Waals surface area contributed by atoms with Crippen LogP contribution in [-0.2, 0) is 17.3 Å². The summed E-state index contributed by atoms with van der Waals surface area (Å²) in [5.74, 6) is -0.480. The Kier molecular flexibility index (Phi) is 6.89. The molecular formula is C19H25Cl2FN4O. The van der Waals surface area contributed by atoms with E-state index < -0.39 is 5.41 Å². The highest BCUT2D eigenvalue weighted by Crippen LogP contribution is 2.32. The Balaban J connectivity index is 0.00000261. The fourth-order valence-corrected chi connectivity index (χ4v) is 4.03. The van der Waals surface area contributed by atoms with Gasteiger partial charge < -0.3 is 10.6 Å². The number of benzene rings is 1. The Bertz CT molecular complexity index is 789. The van der Waals surface area contributed by atoms with Crippen molar-refractivity contribution in [1.29, 1.82) is 0 Å². The van der Waals surface area contributed by atoms with E-state index in [-0.39, 0.29) is 36.0 Å². The molecule has 1 aromatic heterocycles. The van der Waals surface area contributed by atoms with Crippen molar-refractivity contribution in [2.75, 3.05) is 19.6 Å². The number of rotatable bonds is 5. The number of carbonyl (C=O) groups is 1. The maximum Gasteiger partial charge on any atom is 0.225 e. The number of aryl methyl sites for hydroxylation is 1. The van der Waals surface area contributed by atoms with Gasteiger partial charge in [-0.2, -0.15) is 5.10 Å². The second-order valence-electron chi connectivity index (χ2n) is 7.52. The third-order valence-corrected chi connectivity index (χ3v) is 5.36. The molecule has 1 aromatic carbocycles. The van der Waals surface area contributed by atoms with Crippen LogP contribution < -0.4 is 10.6 Å². The van der Waals surface area contributed by atoms with Crippen molar-refractivity contribution in [3.8, 4) is 0 Å². The summed E-state index contributed by atoms with van der Waals surface area (Å²) in [6.07, 6.45) is 3.75. The molecule has 0 aliphatic carbocycles. The van der Waals surface area contributed by atoms with E-state index >= 15 is 0 Å². The van der Waals surface area contributed by atoms with Gasteiger partial charge in [0.25, 0.3) is 0 Å². The molecule has 2 atom stereocenters. The smallest absolute Gasteiger partial charge is 0.225 e. The molecule has 27 heavy (non-hydrogen) atoms. The molecule has 1 aliphatic rings. The fourth-order valence-electron chi connectivity index (χ4n) is 3.61. The van der Waals surface area contributed by atoms with Crippen molar-refractivity contribution in [2.45, 2.75) is 25.2 Å². The van der Waals surface area contributed by atoms with Crippen molar-refractivity contribution in [2.24, 2.45) is 13.0 Å². The molecular weight excluding hydrogens is 390 g/mol. The van der Waals surface area contributed by atoms with Gasteiger partial charge in [0.1, 0.15) is 5.82 Å². The van der Waals surface area contributed by atoms with Gasteiger partial charge in [0.2, 0.25) is 5.91 Å². The number of halogens is 3. The van der Waals surface area contributed by atoms with E-state index in [0.29, 0.717) is 23.7 Å². The minimum Gasteiger partial charge on any atom is -0.355 e. The third-order valence-electron chi connectivity index (χ3n) is 5.05. The summed E-state index contributed by atoms with van der Waals surface area (Å²) in [6.45, 7) is 5.42. The Labute approximate surface area is 170 Å². The predicted octanol–water partition coefficient (Wildman–Crippen LogP) is 3.03. The van der Waals surface area contributed by atoms with E-state index in [9.17, 15) is 9.18 Å². The molecule has 1 amide bonds. The van der Waals surface area contributed by atoms with Crippen molar-refractivity contribution >= 4 is 29.9 Å². The van der Waals surface area contributed by atoms with Crippen LogP contribution in [0, 0.1) is 11.7 Å². The first kappa shape index (κ1) is 21.7. The maximum absolute atomic E-state index is 14.2. The highest BCUT2D eigenvalue weighted by atomic mass is 35.5. The molecule has 0 unspecified atom stereocenters. The van der Waals surface area contributed by atoms with Crippen LogP contribution in [0.1, 0.15) is 30.9 Å².